The monoisotopic (exact) mass is 308 g/mol. The van der Waals surface area contributed by atoms with E-state index in [0.717, 1.165) is 18.2 Å². The van der Waals surface area contributed by atoms with Crippen molar-refractivity contribution in [1.82, 2.24) is 0 Å². The van der Waals surface area contributed by atoms with Gasteiger partial charge in [0.25, 0.3) is 0 Å². The van der Waals surface area contributed by atoms with Crippen LogP contribution in [-0.4, -0.2) is 22.1 Å². The highest BCUT2D eigenvalue weighted by atomic mass is 32.2. The molecule has 0 bridgehead atoms. The second-order valence-electron chi connectivity index (χ2n) is 4.23. The molecule has 0 heterocycles. The maximum Gasteiger partial charge on any atom is 0.416 e. The van der Waals surface area contributed by atoms with Gasteiger partial charge in [-0.3, -0.25) is 9.00 Å². The molecule has 0 radical (unpaired) electrons. The van der Waals surface area contributed by atoms with Gasteiger partial charge < -0.3 is 11.1 Å². The highest BCUT2D eigenvalue weighted by Gasteiger charge is 2.30. The molecule has 3 N–H and O–H groups in total. The molecule has 8 heteroatoms. The van der Waals surface area contributed by atoms with Gasteiger partial charge in [-0.15, -0.1) is 0 Å². The number of carbonyl (C=O) groups excluding carboxylic acids is 1. The number of amides is 1. The minimum absolute atomic E-state index is 0.139. The molecule has 4 nitrogen and oxygen atoms in total. The number of rotatable bonds is 5. The molecule has 0 aliphatic carbocycles. The molecule has 0 aliphatic rings. The van der Waals surface area contributed by atoms with Gasteiger partial charge in [-0.25, -0.2) is 0 Å². The number of nitrogens with two attached hydrogens (primary N) is 1. The van der Waals surface area contributed by atoms with Crippen LogP contribution in [0, 0.1) is 0 Å². The van der Waals surface area contributed by atoms with Crippen LogP contribution in [0.3, 0.4) is 0 Å². The van der Waals surface area contributed by atoms with Crippen LogP contribution in [0.15, 0.2) is 18.2 Å². The van der Waals surface area contributed by atoms with Gasteiger partial charge in [-0.1, -0.05) is 0 Å². The fourth-order valence-corrected chi connectivity index (χ4v) is 2.05. The Kier molecular flexibility index (Phi) is 5.55. The van der Waals surface area contributed by atoms with E-state index in [2.05, 4.69) is 5.32 Å². The Labute approximate surface area is 117 Å². The van der Waals surface area contributed by atoms with E-state index in [1.807, 2.05) is 0 Å². The number of nitrogen functional groups attached to an aromatic ring is 1. The Morgan fingerprint density at radius 3 is 2.55 bits per heavy atom. The van der Waals surface area contributed by atoms with Crippen molar-refractivity contribution >= 4 is 28.1 Å². The molecule has 1 unspecified atom stereocenters. The fraction of sp³-hybridized carbons (Fsp3) is 0.417. The van der Waals surface area contributed by atoms with E-state index in [1.54, 1.807) is 0 Å². The Morgan fingerprint density at radius 2 is 2.05 bits per heavy atom. The maximum absolute atomic E-state index is 12.4. The zero-order valence-electron chi connectivity index (χ0n) is 10.8. The Bertz CT molecular complexity index is 518. The van der Waals surface area contributed by atoms with Gasteiger partial charge in [0.1, 0.15) is 0 Å². The number of benzene rings is 1. The van der Waals surface area contributed by atoms with E-state index < -0.39 is 22.5 Å². The number of alkyl halides is 3. The lowest BCUT2D eigenvalue weighted by Gasteiger charge is -2.11. The molecule has 0 aliphatic heterocycles. The van der Waals surface area contributed by atoms with Crippen LogP contribution in [0.25, 0.3) is 0 Å². The number of anilines is 2. The van der Waals surface area contributed by atoms with E-state index in [9.17, 15) is 22.2 Å². The van der Waals surface area contributed by atoms with Crippen LogP contribution in [0.2, 0.25) is 0 Å². The number of hydrogen-bond donors (Lipinski definition) is 2. The van der Waals surface area contributed by atoms with Gasteiger partial charge in [0.05, 0.1) is 16.9 Å². The van der Waals surface area contributed by atoms with Crippen molar-refractivity contribution in [3.63, 3.8) is 0 Å². The lowest BCUT2D eigenvalue weighted by atomic mass is 10.1. The summed E-state index contributed by atoms with van der Waals surface area (Å²) in [5.41, 5.74) is 4.61. The molecule has 0 saturated carbocycles. The largest absolute Gasteiger partial charge is 0.416 e. The van der Waals surface area contributed by atoms with Gasteiger partial charge in [0, 0.05) is 29.2 Å². The average Bonchev–Trinajstić information content (AvgIpc) is 2.29. The molecular formula is C12H15F3N2O2S. The summed E-state index contributed by atoms with van der Waals surface area (Å²) in [4.78, 5) is 11.5. The number of halogens is 3. The molecular weight excluding hydrogens is 293 g/mol. The summed E-state index contributed by atoms with van der Waals surface area (Å²) >= 11 is 0. The average molecular weight is 308 g/mol. The SMILES string of the molecule is CS(=O)CCCC(=O)Nc1ccc(C(F)(F)F)cc1N. The standard InChI is InChI=1S/C12H15F3N2O2S/c1-20(19)6-2-3-11(18)17-10-5-4-8(7-9(10)16)12(13,14)15/h4-5,7H,2-3,6,16H2,1H3,(H,17,18). The Balaban J connectivity index is 2.65. The molecule has 1 rings (SSSR count). The minimum Gasteiger partial charge on any atom is -0.397 e. The van der Waals surface area contributed by atoms with Crippen LogP contribution in [0.5, 0.6) is 0 Å². The van der Waals surface area contributed by atoms with Gasteiger partial charge in [0.2, 0.25) is 5.91 Å². The molecule has 0 spiro atoms. The topological polar surface area (TPSA) is 72.2 Å². The molecule has 1 aromatic rings. The first-order chi connectivity index (χ1) is 9.20. The van der Waals surface area contributed by atoms with Crippen molar-refractivity contribution in [1.29, 1.82) is 0 Å². The van der Waals surface area contributed by atoms with Crippen LogP contribution in [-0.2, 0) is 21.8 Å². The third-order valence-electron chi connectivity index (χ3n) is 2.49. The summed E-state index contributed by atoms with van der Waals surface area (Å²) in [7, 11) is -0.976. The maximum atomic E-state index is 12.4. The van der Waals surface area contributed by atoms with E-state index in [4.69, 9.17) is 5.73 Å². The Morgan fingerprint density at radius 1 is 1.40 bits per heavy atom. The molecule has 20 heavy (non-hydrogen) atoms. The van der Waals surface area contributed by atoms with Crippen molar-refractivity contribution < 1.29 is 22.2 Å². The van der Waals surface area contributed by atoms with E-state index in [1.165, 1.54) is 6.26 Å². The second kappa shape index (κ2) is 6.74. The van der Waals surface area contributed by atoms with Crippen molar-refractivity contribution in [2.45, 2.75) is 19.0 Å². The predicted octanol–water partition coefficient (Wildman–Crippen LogP) is 2.38. The molecule has 0 saturated heterocycles. The molecule has 1 atom stereocenters. The summed E-state index contributed by atoms with van der Waals surface area (Å²) < 4.78 is 48.1. The molecule has 0 aromatic heterocycles. The lowest BCUT2D eigenvalue weighted by Crippen LogP contribution is -2.14. The van der Waals surface area contributed by atoms with E-state index in [0.29, 0.717) is 12.2 Å². The van der Waals surface area contributed by atoms with Crippen molar-refractivity contribution in [2.75, 3.05) is 23.1 Å². The van der Waals surface area contributed by atoms with E-state index >= 15 is 0 Å². The van der Waals surface area contributed by atoms with Crippen molar-refractivity contribution in [3.05, 3.63) is 23.8 Å². The third-order valence-corrected chi connectivity index (χ3v) is 3.35. The normalized spacial score (nSPS) is 13.0. The molecule has 112 valence electrons. The summed E-state index contributed by atoms with van der Waals surface area (Å²) in [5.74, 6) is 0.0255. The second-order valence-corrected chi connectivity index (χ2v) is 5.78. The quantitative estimate of drug-likeness (QED) is 0.820. The molecule has 1 aromatic carbocycles. The first kappa shape index (κ1) is 16.5. The minimum atomic E-state index is -4.47. The first-order valence-corrected chi connectivity index (χ1v) is 7.49. The number of hydrogen-bond acceptors (Lipinski definition) is 3. The number of nitrogens with one attached hydrogen (secondary N) is 1. The zero-order chi connectivity index (χ0) is 15.3. The summed E-state index contributed by atoms with van der Waals surface area (Å²) in [6.07, 6.45) is -2.36. The molecule has 0 fully saturated rings. The predicted molar refractivity (Wildman–Crippen MR) is 72.7 cm³/mol. The number of carbonyl (C=O) groups is 1. The summed E-state index contributed by atoms with van der Waals surface area (Å²) in [6.45, 7) is 0. The third kappa shape index (κ3) is 5.20. The van der Waals surface area contributed by atoms with Gasteiger partial charge in [-0.2, -0.15) is 13.2 Å². The van der Waals surface area contributed by atoms with Gasteiger partial charge >= 0.3 is 6.18 Å². The van der Waals surface area contributed by atoms with E-state index in [-0.39, 0.29) is 23.7 Å². The smallest absolute Gasteiger partial charge is 0.397 e. The van der Waals surface area contributed by atoms with Crippen molar-refractivity contribution in [2.24, 2.45) is 0 Å². The summed E-state index contributed by atoms with van der Waals surface area (Å²) in [6, 6.07) is 2.75. The molecule has 1 amide bonds. The fourth-order valence-electron chi connectivity index (χ4n) is 1.50. The van der Waals surface area contributed by atoms with Crippen LogP contribution in [0.1, 0.15) is 18.4 Å². The van der Waals surface area contributed by atoms with Crippen LogP contribution >= 0.6 is 0 Å². The summed E-state index contributed by atoms with van der Waals surface area (Å²) in [5, 5.41) is 2.43. The first-order valence-electron chi connectivity index (χ1n) is 5.76. The highest BCUT2D eigenvalue weighted by Crippen LogP contribution is 2.32. The Hall–Kier alpha value is -1.57. The highest BCUT2D eigenvalue weighted by molar-refractivity contribution is 7.84. The lowest BCUT2D eigenvalue weighted by molar-refractivity contribution is -0.137. The van der Waals surface area contributed by atoms with Crippen LogP contribution in [0.4, 0.5) is 24.5 Å². The zero-order valence-corrected chi connectivity index (χ0v) is 11.6. The van der Waals surface area contributed by atoms with Gasteiger partial charge in [0.15, 0.2) is 0 Å². The van der Waals surface area contributed by atoms with Gasteiger partial charge in [-0.05, 0) is 24.6 Å². The van der Waals surface area contributed by atoms with Crippen molar-refractivity contribution in [3.8, 4) is 0 Å². The van der Waals surface area contributed by atoms with Crippen LogP contribution < -0.4 is 11.1 Å².